The van der Waals surface area contributed by atoms with Crippen LogP contribution in [0.3, 0.4) is 0 Å². The van der Waals surface area contributed by atoms with Gasteiger partial charge in [-0.25, -0.2) is 0 Å². The number of aromatic nitrogens is 1. The third-order valence-electron chi connectivity index (χ3n) is 4.53. The molecule has 0 aliphatic carbocycles. The minimum atomic E-state index is 0.0300. The molecule has 0 spiro atoms. The van der Waals surface area contributed by atoms with Crippen LogP contribution in [0.5, 0.6) is 5.75 Å². The molecule has 3 heteroatoms. The van der Waals surface area contributed by atoms with Gasteiger partial charge in [-0.1, -0.05) is 52.3 Å². The fraction of sp³-hybridized carbons (Fsp3) is 0.500. The molecular weight excluding hydrogens is 330 g/mol. The SMILES string of the molecule is C=CC(CC(C)(C)CC(C)(C)C)c1cc(Cl)c2cc(C)cnc2c1O. The standard InChI is InChI=1S/C22H30ClNO/c1-8-15(11-22(6,7)13-21(3,4)5)16-10-18(23)17-9-14(2)12-24-19(17)20(16)25/h8-10,12,15,25H,1,11,13H2,2-7H3. The maximum absolute atomic E-state index is 10.8. The first-order valence-electron chi connectivity index (χ1n) is 8.84. The molecule has 1 aromatic carbocycles. The molecule has 1 N–H and O–H groups in total. The number of benzene rings is 1. The number of fused-ring (bicyclic) bond motifs is 1. The molecule has 0 aliphatic rings. The molecule has 0 radical (unpaired) electrons. The molecule has 1 aromatic heterocycles. The molecule has 2 aromatic rings. The molecule has 0 saturated heterocycles. The van der Waals surface area contributed by atoms with Crippen molar-refractivity contribution in [3.63, 3.8) is 0 Å². The second kappa shape index (κ2) is 6.99. The van der Waals surface area contributed by atoms with Crippen LogP contribution in [0.25, 0.3) is 10.9 Å². The zero-order valence-corrected chi connectivity index (χ0v) is 17.0. The summed E-state index contributed by atoms with van der Waals surface area (Å²) < 4.78 is 0. The number of allylic oxidation sites excluding steroid dienone is 1. The largest absolute Gasteiger partial charge is 0.505 e. The zero-order valence-electron chi connectivity index (χ0n) is 16.3. The molecule has 1 atom stereocenters. The van der Waals surface area contributed by atoms with Crippen molar-refractivity contribution in [2.45, 2.75) is 60.3 Å². The molecule has 0 saturated carbocycles. The van der Waals surface area contributed by atoms with Gasteiger partial charge in [0.1, 0.15) is 11.3 Å². The number of halogens is 1. The highest BCUT2D eigenvalue weighted by molar-refractivity contribution is 6.35. The van der Waals surface area contributed by atoms with Gasteiger partial charge in [-0.3, -0.25) is 4.98 Å². The molecule has 2 nitrogen and oxygen atoms in total. The first kappa shape index (κ1) is 19.8. The summed E-state index contributed by atoms with van der Waals surface area (Å²) in [5.74, 6) is 0.248. The maximum Gasteiger partial charge on any atom is 0.145 e. The molecule has 0 amide bonds. The van der Waals surface area contributed by atoms with E-state index in [4.69, 9.17) is 11.6 Å². The first-order chi connectivity index (χ1) is 11.4. The Labute approximate surface area is 156 Å². The average Bonchev–Trinajstić information content (AvgIpc) is 2.46. The second-order valence-electron chi connectivity index (χ2n) is 9.15. The van der Waals surface area contributed by atoms with E-state index >= 15 is 0 Å². The average molecular weight is 360 g/mol. The molecular formula is C22H30ClNO. The van der Waals surface area contributed by atoms with Crippen LogP contribution in [0.2, 0.25) is 5.02 Å². The van der Waals surface area contributed by atoms with E-state index in [1.807, 2.05) is 25.1 Å². The number of hydrogen-bond donors (Lipinski definition) is 1. The topological polar surface area (TPSA) is 33.1 Å². The van der Waals surface area contributed by atoms with Gasteiger partial charge in [-0.15, -0.1) is 6.58 Å². The lowest BCUT2D eigenvalue weighted by atomic mass is 9.70. The van der Waals surface area contributed by atoms with Crippen LogP contribution in [-0.2, 0) is 0 Å². The Balaban J connectivity index is 2.46. The van der Waals surface area contributed by atoms with Crippen molar-refractivity contribution in [2.75, 3.05) is 0 Å². The molecule has 0 bridgehead atoms. The van der Waals surface area contributed by atoms with Gasteiger partial charge in [0, 0.05) is 23.1 Å². The van der Waals surface area contributed by atoms with Gasteiger partial charge < -0.3 is 5.11 Å². The highest BCUT2D eigenvalue weighted by Gasteiger charge is 2.29. The van der Waals surface area contributed by atoms with Crippen molar-refractivity contribution in [3.8, 4) is 5.75 Å². The van der Waals surface area contributed by atoms with Gasteiger partial charge in [0.2, 0.25) is 0 Å². The number of pyridine rings is 1. The van der Waals surface area contributed by atoms with Gasteiger partial charge in [0.15, 0.2) is 0 Å². The van der Waals surface area contributed by atoms with E-state index in [1.165, 1.54) is 0 Å². The van der Waals surface area contributed by atoms with E-state index in [9.17, 15) is 5.11 Å². The van der Waals surface area contributed by atoms with Crippen molar-refractivity contribution in [3.05, 3.63) is 47.1 Å². The van der Waals surface area contributed by atoms with Crippen molar-refractivity contribution >= 4 is 22.5 Å². The van der Waals surface area contributed by atoms with Crippen LogP contribution in [-0.4, -0.2) is 10.1 Å². The van der Waals surface area contributed by atoms with E-state index in [0.29, 0.717) is 10.5 Å². The lowest BCUT2D eigenvalue weighted by Crippen LogP contribution is -2.22. The second-order valence-corrected chi connectivity index (χ2v) is 9.56. The molecule has 0 fully saturated rings. The number of phenolic OH excluding ortho intramolecular Hbond substituents is 1. The minimum Gasteiger partial charge on any atom is -0.505 e. The number of hydrogen-bond acceptors (Lipinski definition) is 2. The number of aryl methyl sites for hydroxylation is 1. The summed E-state index contributed by atoms with van der Waals surface area (Å²) in [6, 6.07) is 3.83. The molecule has 1 heterocycles. The third-order valence-corrected chi connectivity index (χ3v) is 4.84. The van der Waals surface area contributed by atoms with Crippen LogP contribution in [0.4, 0.5) is 0 Å². The van der Waals surface area contributed by atoms with Crippen molar-refractivity contribution < 1.29 is 5.11 Å². The molecule has 0 aliphatic heterocycles. The van der Waals surface area contributed by atoms with E-state index in [-0.39, 0.29) is 22.5 Å². The van der Waals surface area contributed by atoms with E-state index in [0.717, 1.165) is 29.4 Å². The van der Waals surface area contributed by atoms with Gasteiger partial charge >= 0.3 is 0 Å². The van der Waals surface area contributed by atoms with E-state index in [2.05, 4.69) is 46.2 Å². The van der Waals surface area contributed by atoms with Crippen LogP contribution < -0.4 is 0 Å². The highest BCUT2D eigenvalue weighted by atomic mass is 35.5. The summed E-state index contributed by atoms with van der Waals surface area (Å²) in [7, 11) is 0. The summed E-state index contributed by atoms with van der Waals surface area (Å²) in [4.78, 5) is 4.41. The van der Waals surface area contributed by atoms with Crippen molar-refractivity contribution in [1.82, 2.24) is 4.98 Å². The van der Waals surface area contributed by atoms with Crippen LogP contribution >= 0.6 is 11.6 Å². The normalized spacial score (nSPS) is 13.9. The summed E-state index contributed by atoms with van der Waals surface area (Å²) in [5.41, 5.74) is 2.76. The Bertz CT molecular complexity index is 787. The monoisotopic (exact) mass is 359 g/mol. The lowest BCUT2D eigenvalue weighted by Gasteiger charge is -2.35. The summed E-state index contributed by atoms with van der Waals surface area (Å²) >= 11 is 6.50. The maximum atomic E-state index is 10.8. The van der Waals surface area contributed by atoms with Gasteiger partial charge in [0.05, 0.1) is 5.02 Å². The summed E-state index contributed by atoms with van der Waals surface area (Å²) in [6.07, 6.45) is 5.66. The predicted octanol–water partition coefficient (Wildman–Crippen LogP) is 7.02. The Hall–Kier alpha value is -1.54. The van der Waals surface area contributed by atoms with Gasteiger partial charge in [-0.2, -0.15) is 0 Å². The van der Waals surface area contributed by atoms with Crippen LogP contribution in [0.1, 0.15) is 64.5 Å². The number of aromatic hydroxyl groups is 1. The fourth-order valence-electron chi connectivity index (χ4n) is 4.07. The number of nitrogens with zero attached hydrogens (tertiary/aromatic N) is 1. The number of phenols is 1. The Morgan fingerprint density at radius 2 is 1.88 bits per heavy atom. The van der Waals surface area contributed by atoms with Crippen LogP contribution in [0.15, 0.2) is 31.0 Å². The lowest BCUT2D eigenvalue weighted by molar-refractivity contribution is 0.193. The quantitative estimate of drug-likeness (QED) is 0.581. The summed E-state index contributed by atoms with van der Waals surface area (Å²) in [5, 5.41) is 12.2. The Morgan fingerprint density at radius 1 is 1.24 bits per heavy atom. The van der Waals surface area contributed by atoms with Gasteiger partial charge in [0.25, 0.3) is 0 Å². The van der Waals surface area contributed by atoms with Gasteiger partial charge in [-0.05, 0) is 48.3 Å². The van der Waals surface area contributed by atoms with E-state index < -0.39 is 0 Å². The minimum absolute atomic E-state index is 0.0300. The van der Waals surface area contributed by atoms with E-state index in [1.54, 1.807) is 6.20 Å². The molecule has 136 valence electrons. The molecule has 1 unspecified atom stereocenters. The van der Waals surface area contributed by atoms with Crippen molar-refractivity contribution in [1.29, 1.82) is 0 Å². The number of rotatable bonds is 5. The molecule has 2 rings (SSSR count). The summed E-state index contributed by atoms with van der Waals surface area (Å²) in [6.45, 7) is 17.3. The first-order valence-corrected chi connectivity index (χ1v) is 9.21. The van der Waals surface area contributed by atoms with Crippen molar-refractivity contribution in [2.24, 2.45) is 10.8 Å². The fourth-order valence-corrected chi connectivity index (χ4v) is 4.33. The Morgan fingerprint density at radius 3 is 2.44 bits per heavy atom. The predicted molar refractivity (Wildman–Crippen MR) is 109 cm³/mol. The third kappa shape index (κ3) is 4.76. The van der Waals surface area contributed by atoms with Crippen LogP contribution in [0, 0.1) is 17.8 Å². The zero-order chi connectivity index (χ0) is 19.0. The highest BCUT2D eigenvalue weighted by Crippen LogP contribution is 2.45. The molecule has 25 heavy (non-hydrogen) atoms. The Kier molecular flexibility index (Phi) is 5.53. The smallest absolute Gasteiger partial charge is 0.145 e.